The Balaban J connectivity index is 1.56. The minimum atomic E-state index is -3.09. The van der Waals surface area contributed by atoms with E-state index in [-0.39, 0.29) is 29.4 Å². The lowest BCUT2D eigenvalue weighted by molar-refractivity contribution is -0.119. The summed E-state index contributed by atoms with van der Waals surface area (Å²) >= 11 is 4.76. The van der Waals surface area contributed by atoms with Gasteiger partial charge in [-0.05, 0) is 36.4 Å². The predicted octanol–water partition coefficient (Wildman–Crippen LogP) is 3.13. The normalized spacial score (nSPS) is 24.3. The number of halogens is 1. The maximum atomic E-state index is 12.4. The van der Waals surface area contributed by atoms with Crippen LogP contribution < -0.4 is 9.64 Å². The molecule has 0 unspecified atom stereocenters. The van der Waals surface area contributed by atoms with Crippen molar-refractivity contribution in [2.45, 2.75) is 11.3 Å². The maximum absolute atomic E-state index is 12.4. The molecule has 2 fully saturated rings. The van der Waals surface area contributed by atoms with Gasteiger partial charge < -0.3 is 9.64 Å². The number of amides is 1. The van der Waals surface area contributed by atoms with Crippen LogP contribution in [-0.4, -0.2) is 48.9 Å². The van der Waals surface area contributed by atoms with Gasteiger partial charge in [-0.1, -0.05) is 45.9 Å². The number of sulfone groups is 1. The lowest BCUT2D eigenvalue weighted by atomic mass is 10.2. The molecule has 0 spiro atoms. The quantitative estimate of drug-likeness (QED) is 0.668. The van der Waals surface area contributed by atoms with Gasteiger partial charge in [0.2, 0.25) is 0 Å². The van der Waals surface area contributed by atoms with Crippen LogP contribution in [0.15, 0.2) is 64.1 Å². The first-order valence-corrected chi connectivity index (χ1v) is 12.1. The molecule has 0 saturated carbocycles. The van der Waals surface area contributed by atoms with Gasteiger partial charge in [0.05, 0.1) is 17.5 Å². The molecule has 4 rings (SSSR count). The summed E-state index contributed by atoms with van der Waals surface area (Å²) in [4.78, 5) is 18.5. The van der Waals surface area contributed by atoms with Gasteiger partial charge in [-0.2, -0.15) is 4.99 Å². The van der Waals surface area contributed by atoms with E-state index >= 15 is 0 Å². The maximum Gasteiger partial charge on any atom is 0.285 e. The van der Waals surface area contributed by atoms with Gasteiger partial charge >= 0.3 is 0 Å². The van der Waals surface area contributed by atoms with Crippen molar-refractivity contribution in [2.75, 3.05) is 23.0 Å². The first-order chi connectivity index (χ1) is 13.4. The summed E-state index contributed by atoms with van der Waals surface area (Å²) in [6.45, 7) is -0.171. The van der Waals surface area contributed by atoms with Gasteiger partial charge in [-0.15, -0.1) is 0 Å². The Morgan fingerprint density at radius 2 is 1.86 bits per heavy atom. The number of para-hydroxylation sites is 1. The van der Waals surface area contributed by atoms with Crippen molar-refractivity contribution in [1.29, 1.82) is 0 Å². The Hall–Kier alpha value is -1.84. The summed E-state index contributed by atoms with van der Waals surface area (Å²) in [5, 5.41) is 0.393. The summed E-state index contributed by atoms with van der Waals surface area (Å²) in [7, 11) is -3.09. The van der Waals surface area contributed by atoms with Gasteiger partial charge in [-0.25, -0.2) is 8.42 Å². The van der Waals surface area contributed by atoms with Gasteiger partial charge in [0.15, 0.2) is 21.6 Å². The Kier molecular flexibility index (Phi) is 5.48. The van der Waals surface area contributed by atoms with E-state index in [0.29, 0.717) is 10.9 Å². The van der Waals surface area contributed by atoms with Crippen molar-refractivity contribution in [2.24, 2.45) is 4.99 Å². The molecule has 1 amide bonds. The Morgan fingerprint density at radius 3 is 2.57 bits per heavy atom. The summed E-state index contributed by atoms with van der Waals surface area (Å²) in [5.74, 6) is 0.358. The third kappa shape index (κ3) is 4.26. The molecule has 0 N–H and O–H groups in total. The molecule has 28 heavy (non-hydrogen) atoms. The number of nitrogens with zero attached hydrogens (tertiary/aromatic N) is 2. The van der Waals surface area contributed by atoms with E-state index in [1.807, 2.05) is 47.4 Å². The number of carbonyl (C=O) groups excluding carboxylic acids is 1. The molecular weight excluding hydrogens is 464 g/mol. The number of carbonyl (C=O) groups is 1. The fourth-order valence-electron chi connectivity index (χ4n) is 3.27. The molecule has 6 nitrogen and oxygen atoms in total. The van der Waals surface area contributed by atoms with Crippen LogP contribution in [0.1, 0.15) is 0 Å². The zero-order valence-electron chi connectivity index (χ0n) is 14.7. The van der Waals surface area contributed by atoms with E-state index in [1.165, 1.54) is 11.8 Å². The lowest BCUT2D eigenvalue weighted by Gasteiger charge is -2.24. The van der Waals surface area contributed by atoms with Crippen molar-refractivity contribution >= 4 is 54.3 Å². The Morgan fingerprint density at radius 1 is 1.14 bits per heavy atom. The number of ether oxygens (including phenoxy) is 1. The number of anilines is 1. The molecule has 2 atom stereocenters. The smallest absolute Gasteiger partial charge is 0.285 e. The first-order valence-electron chi connectivity index (χ1n) is 8.62. The molecule has 2 aliphatic rings. The molecule has 146 valence electrons. The molecule has 0 aromatic heterocycles. The van der Waals surface area contributed by atoms with Crippen LogP contribution in [0.2, 0.25) is 0 Å². The molecule has 2 saturated heterocycles. The number of rotatable bonds is 4. The third-order valence-corrected chi connectivity index (χ3v) is 8.24. The van der Waals surface area contributed by atoms with Gasteiger partial charge in [0, 0.05) is 15.4 Å². The van der Waals surface area contributed by atoms with E-state index in [1.54, 1.807) is 12.1 Å². The fourth-order valence-corrected chi connectivity index (χ4v) is 7.46. The molecule has 2 aliphatic heterocycles. The van der Waals surface area contributed by atoms with E-state index < -0.39 is 15.7 Å². The third-order valence-electron chi connectivity index (χ3n) is 4.50. The van der Waals surface area contributed by atoms with Crippen LogP contribution in [-0.2, 0) is 14.6 Å². The highest BCUT2D eigenvalue weighted by Crippen LogP contribution is 2.41. The lowest BCUT2D eigenvalue weighted by Crippen LogP contribution is -2.37. The molecule has 2 aromatic rings. The summed E-state index contributed by atoms with van der Waals surface area (Å²) in [6, 6.07) is 16.4. The number of fused-ring (bicyclic) bond motifs is 1. The van der Waals surface area contributed by atoms with Crippen molar-refractivity contribution in [3.05, 3.63) is 59.1 Å². The topological polar surface area (TPSA) is 76.0 Å². The van der Waals surface area contributed by atoms with Gasteiger partial charge in [-0.3, -0.25) is 4.79 Å². The monoisotopic (exact) mass is 480 g/mol. The molecule has 2 heterocycles. The van der Waals surface area contributed by atoms with E-state index in [4.69, 9.17) is 4.74 Å². The Bertz CT molecular complexity index is 1010. The molecule has 0 bridgehead atoms. The number of hydrogen-bond donors (Lipinski definition) is 0. The fraction of sp³-hybridized carbons (Fsp3) is 0.263. The number of benzene rings is 2. The zero-order chi connectivity index (χ0) is 19.7. The van der Waals surface area contributed by atoms with Gasteiger partial charge in [0.1, 0.15) is 5.75 Å². The summed E-state index contributed by atoms with van der Waals surface area (Å²) in [5.41, 5.74) is 0.816. The molecule has 9 heteroatoms. The van der Waals surface area contributed by atoms with E-state index in [2.05, 4.69) is 20.9 Å². The zero-order valence-corrected chi connectivity index (χ0v) is 17.9. The summed E-state index contributed by atoms with van der Waals surface area (Å²) in [6.07, 6.45) is 0. The van der Waals surface area contributed by atoms with Crippen molar-refractivity contribution in [3.8, 4) is 5.75 Å². The van der Waals surface area contributed by atoms with Crippen molar-refractivity contribution in [3.63, 3.8) is 0 Å². The SMILES string of the molecule is O=C(COc1ccccc1)N=C1S[C@H]2CS(=O)(=O)C[C@@H]2N1c1ccc(Br)cc1. The predicted molar refractivity (Wildman–Crippen MR) is 115 cm³/mol. The highest BCUT2D eigenvalue weighted by Gasteiger charge is 2.49. The average Bonchev–Trinajstić information content (AvgIpc) is 3.12. The highest BCUT2D eigenvalue weighted by molar-refractivity contribution is 9.10. The highest BCUT2D eigenvalue weighted by atomic mass is 79.9. The molecule has 0 radical (unpaired) electrons. The van der Waals surface area contributed by atoms with Crippen LogP contribution in [0, 0.1) is 0 Å². The van der Waals surface area contributed by atoms with Crippen molar-refractivity contribution < 1.29 is 17.9 Å². The second-order valence-electron chi connectivity index (χ2n) is 6.54. The standard InChI is InChI=1S/C19H17BrN2O4S2/c20-13-6-8-14(9-7-13)22-16-11-28(24,25)12-17(16)27-19(22)21-18(23)10-26-15-4-2-1-3-5-15/h1-9,16-17H,10-12H2/t16-,17-/m0/s1. The molecule has 0 aliphatic carbocycles. The number of hydrogen-bond acceptors (Lipinski definition) is 5. The van der Waals surface area contributed by atoms with Crippen molar-refractivity contribution in [1.82, 2.24) is 0 Å². The average molecular weight is 481 g/mol. The van der Waals surface area contributed by atoms with Crippen LogP contribution in [0.5, 0.6) is 5.75 Å². The van der Waals surface area contributed by atoms with Gasteiger partial charge in [0.25, 0.3) is 5.91 Å². The number of thioether (sulfide) groups is 1. The van der Waals surface area contributed by atoms with Crippen LogP contribution in [0.4, 0.5) is 5.69 Å². The molecular formula is C19H17BrN2O4S2. The largest absolute Gasteiger partial charge is 0.484 e. The molecule has 2 aromatic carbocycles. The van der Waals surface area contributed by atoms with E-state index in [9.17, 15) is 13.2 Å². The second-order valence-corrected chi connectivity index (χ2v) is 10.8. The Labute approximate surface area is 176 Å². The van der Waals surface area contributed by atoms with E-state index in [0.717, 1.165) is 10.2 Å². The summed E-state index contributed by atoms with van der Waals surface area (Å²) < 4.78 is 30.6. The van der Waals surface area contributed by atoms with Crippen LogP contribution in [0.3, 0.4) is 0 Å². The minimum absolute atomic E-state index is 0.0639. The van der Waals surface area contributed by atoms with Crippen LogP contribution in [0.25, 0.3) is 0 Å². The first kappa shape index (κ1) is 19.5. The second kappa shape index (κ2) is 7.88. The number of aliphatic imine (C=N–C) groups is 1. The van der Waals surface area contributed by atoms with Crippen LogP contribution >= 0.6 is 27.7 Å². The minimum Gasteiger partial charge on any atom is -0.484 e. The number of amidine groups is 1.